The monoisotopic (exact) mass is 1110 g/mol. The summed E-state index contributed by atoms with van der Waals surface area (Å²) in [6.07, 6.45) is 103. The summed E-state index contributed by atoms with van der Waals surface area (Å²) < 4.78 is 16.8. The van der Waals surface area contributed by atoms with Gasteiger partial charge in [-0.1, -0.05) is 253 Å². The van der Waals surface area contributed by atoms with Crippen LogP contribution in [0.15, 0.2) is 207 Å². The molecule has 0 bridgehead atoms. The Morgan fingerprint density at radius 2 is 0.457 bits per heavy atom. The van der Waals surface area contributed by atoms with Gasteiger partial charge in [0.2, 0.25) is 0 Å². The Balaban J connectivity index is 4.60. The van der Waals surface area contributed by atoms with Crippen molar-refractivity contribution in [2.24, 2.45) is 0 Å². The Kier molecular flexibility index (Phi) is 61.6. The molecular weight excluding hydrogens is 997 g/mol. The molecule has 0 aliphatic rings. The fourth-order valence-corrected chi connectivity index (χ4v) is 7.66. The van der Waals surface area contributed by atoms with Crippen molar-refractivity contribution in [3.8, 4) is 0 Å². The molecule has 81 heavy (non-hydrogen) atoms. The van der Waals surface area contributed by atoms with Gasteiger partial charge in [0.25, 0.3) is 0 Å². The highest BCUT2D eigenvalue weighted by atomic mass is 16.6. The summed E-state index contributed by atoms with van der Waals surface area (Å²) in [6, 6.07) is 0. The number of ether oxygens (including phenoxy) is 3. The first kappa shape index (κ1) is 75.0. The van der Waals surface area contributed by atoms with Crippen LogP contribution in [0.5, 0.6) is 0 Å². The van der Waals surface area contributed by atoms with Gasteiger partial charge in [-0.25, -0.2) is 0 Å². The van der Waals surface area contributed by atoms with Crippen molar-refractivity contribution in [2.75, 3.05) is 13.2 Å². The Morgan fingerprint density at radius 1 is 0.247 bits per heavy atom. The Hall–Kier alpha value is -6.01. The van der Waals surface area contributed by atoms with Crippen molar-refractivity contribution in [1.82, 2.24) is 0 Å². The topological polar surface area (TPSA) is 78.9 Å². The van der Waals surface area contributed by atoms with Gasteiger partial charge in [-0.3, -0.25) is 14.4 Å². The van der Waals surface area contributed by atoms with Crippen LogP contribution in [0.1, 0.15) is 226 Å². The molecule has 6 nitrogen and oxygen atoms in total. The van der Waals surface area contributed by atoms with E-state index in [0.717, 1.165) is 161 Å². The second kappa shape index (κ2) is 66.5. The second-order valence-electron chi connectivity index (χ2n) is 19.8. The van der Waals surface area contributed by atoms with Gasteiger partial charge in [0.15, 0.2) is 6.10 Å². The van der Waals surface area contributed by atoms with E-state index >= 15 is 0 Å². The molecule has 0 saturated carbocycles. The molecule has 0 fully saturated rings. The highest BCUT2D eigenvalue weighted by molar-refractivity contribution is 5.71. The van der Waals surface area contributed by atoms with Gasteiger partial charge in [0.1, 0.15) is 13.2 Å². The Bertz CT molecular complexity index is 2000. The summed E-state index contributed by atoms with van der Waals surface area (Å²) in [5.41, 5.74) is 0. The third kappa shape index (κ3) is 64.7. The minimum absolute atomic E-state index is 0.137. The maximum absolute atomic E-state index is 12.9. The van der Waals surface area contributed by atoms with Crippen molar-refractivity contribution in [1.29, 1.82) is 0 Å². The summed E-state index contributed by atoms with van der Waals surface area (Å²) in [6.45, 7) is 6.18. The van der Waals surface area contributed by atoms with Crippen LogP contribution in [-0.4, -0.2) is 37.2 Å². The predicted molar refractivity (Wildman–Crippen MR) is 352 cm³/mol. The van der Waals surface area contributed by atoms with Gasteiger partial charge in [-0.05, 0) is 161 Å². The molecule has 448 valence electrons. The highest BCUT2D eigenvalue weighted by Crippen LogP contribution is 2.12. The van der Waals surface area contributed by atoms with Gasteiger partial charge in [-0.2, -0.15) is 0 Å². The zero-order valence-electron chi connectivity index (χ0n) is 51.2. The van der Waals surface area contributed by atoms with Crippen molar-refractivity contribution in [3.63, 3.8) is 0 Å². The average molecular weight is 1110 g/mol. The van der Waals surface area contributed by atoms with Crippen LogP contribution in [-0.2, 0) is 28.6 Å². The summed E-state index contributed by atoms with van der Waals surface area (Å²) in [7, 11) is 0. The molecule has 1 atom stereocenters. The third-order valence-corrected chi connectivity index (χ3v) is 12.3. The lowest BCUT2D eigenvalue weighted by Gasteiger charge is -2.18. The zero-order chi connectivity index (χ0) is 58.5. The highest BCUT2D eigenvalue weighted by Gasteiger charge is 2.19. The molecule has 0 saturated heterocycles. The van der Waals surface area contributed by atoms with Gasteiger partial charge >= 0.3 is 17.9 Å². The molecule has 0 aromatic rings. The normalized spacial score (nSPS) is 13.6. The number of esters is 3. The molecule has 1 unspecified atom stereocenters. The SMILES string of the molecule is CC/C=C\C/C=C\C/C=C\C/C=C\C/C=C\C/C=C\C/C=C\C/C=C\CCCCC(=O)OCC(COC(=O)CCC/C=C\C/C=C\C/C=C\C/C=C\C/C=C\CC)OC(=O)CCCCCCCC/C=C\C/C=C\C/C=C\C/C=C\CC. The van der Waals surface area contributed by atoms with Crippen LogP contribution >= 0.6 is 0 Å². The maximum Gasteiger partial charge on any atom is 0.306 e. The Labute approximate surface area is 496 Å². The molecule has 0 spiro atoms. The number of unbranched alkanes of at least 4 members (excludes halogenated alkanes) is 9. The van der Waals surface area contributed by atoms with Crippen molar-refractivity contribution < 1.29 is 28.6 Å². The molecular formula is C75H112O6. The predicted octanol–water partition coefficient (Wildman–Crippen LogP) is 22.0. The standard InChI is InChI=1S/C75H112O6/c1-4-7-10-13-16-19-22-25-28-31-33-34-35-36-37-38-39-40-42-44-47-50-53-56-59-62-65-68-74(77)80-71-72(70-79-73(76)67-64-61-58-55-52-49-46-43-30-27-24-21-18-15-12-9-6-3)81-75(78)69-66-63-60-57-54-51-48-45-41-32-29-26-23-20-17-14-11-8-5-2/h7-12,16-21,25-30,33-34,36-37,39-41,44-47,49,53,55-56,58,72H,4-6,13-15,22-24,31-32,35,38,42-43,48,50-52,54,57,59-71H2,1-3H3/b10-7-,11-8-,12-9-,19-16-,20-17-,21-18-,28-25-,29-26-,30-27-,34-33-,37-36-,40-39-,45-41-,47-44-,49-46-,56-53-,58-55-. The van der Waals surface area contributed by atoms with Crippen molar-refractivity contribution in [3.05, 3.63) is 207 Å². The number of carbonyl (C=O) groups excluding carboxylic acids is 3. The van der Waals surface area contributed by atoms with E-state index in [1.165, 1.54) is 12.8 Å². The van der Waals surface area contributed by atoms with Crippen LogP contribution in [0.25, 0.3) is 0 Å². The van der Waals surface area contributed by atoms with Crippen LogP contribution < -0.4 is 0 Å². The molecule has 0 heterocycles. The molecule has 0 rings (SSSR count). The Morgan fingerprint density at radius 3 is 0.765 bits per heavy atom. The molecule has 0 radical (unpaired) electrons. The van der Waals surface area contributed by atoms with Crippen LogP contribution in [0.3, 0.4) is 0 Å². The van der Waals surface area contributed by atoms with Gasteiger partial charge in [-0.15, -0.1) is 0 Å². The molecule has 0 aliphatic heterocycles. The number of allylic oxidation sites excluding steroid dienone is 34. The lowest BCUT2D eigenvalue weighted by atomic mass is 10.1. The molecule has 6 heteroatoms. The lowest BCUT2D eigenvalue weighted by Crippen LogP contribution is -2.30. The summed E-state index contributed by atoms with van der Waals surface area (Å²) in [5.74, 6) is -1.06. The fourth-order valence-electron chi connectivity index (χ4n) is 7.66. The van der Waals surface area contributed by atoms with E-state index in [2.05, 4.69) is 227 Å². The summed E-state index contributed by atoms with van der Waals surface area (Å²) >= 11 is 0. The first-order valence-corrected chi connectivity index (χ1v) is 31.6. The smallest absolute Gasteiger partial charge is 0.306 e. The maximum atomic E-state index is 12.9. The van der Waals surface area contributed by atoms with Crippen LogP contribution in [0, 0.1) is 0 Å². The van der Waals surface area contributed by atoms with E-state index in [1.54, 1.807) is 0 Å². The van der Waals surface area contributed by atoms with Gasteiger partial charge in [0.05, 0.1) is 0 Å². The average Bonchev–Trinajstić information content (AvgIpc) is 3.47. The van der Waals surface area contributed by atoms with E-state index in [-0.39, 0.29) is 50.4 Å². The first-order chi connectivity index (χ1) is 40.0. The number of carbonyl (C=O) groups is 3. The first-order valence-electron chi connectivity index (χ1n) is 31.6. The zero-order valence-corrected chi connectivity index (χ0v) is 51.2. The summed E-state index contributed by atoms with van der Waals surface area (Å²) in [4.78, 5) is 38.3. The number of rotatable bonds is 54. The quantitative estimate of drug-likeness (QED) is 0.0261. The summed E-state index contributed by atoms with van der Waals surface area (Å²) in [5, 5.41) is 0. The van der Waals surface area contributed by atoms with E-state index in [1.807, 2.05) is 0 Å². The van der Waals surface area contributed by atoms with Crippen molar-refractivity contribution >= 4 is 17.9 Å². The second-order valence-corrected chi connectivity index (χ2v) is 19.8. The largest absolute Gasteiger partial charge is 0.462 e. The molecule has 0 amide bonds. The van der Waals surface area contributed by atoms with Crippen LogP contribution in [0.2, 0.25) is 0 Å². The van der Waals surface area contributed by atoms with Crippen LogP contribution in [0.4, 0.5) is 0 Å². The van der Waals surface area contributed by atoms with Gasteiger partial charge in [0, 0.05) is 19.3 Å². The fraction of sp³-hybridized carbons (Fsp3) is 0.507. The molecule has 0 aliphatic carbocycles. The van der Waals surface area contributed by atoms with E-state index in [4.69, 9.17) is 14.2 Å². The molecule has 0 aromatic carbocycles. The minimum atomic E-state index is -0.842. The van der Waals surface area contributed by atoms with E-state index < -0.39 is 6.10 Å². The number of hydrogen-bond donors (Lipinski definition) is 0. The third-order valence-electron chi connectivity index (χ3n) is 12.3. The molecule has 0 aromatic heterocycles. The molecule has 0 N–H and O–H groups in total. The van der Waals surface area contributed by atoms with Gasteiger partial charge < -0.3 is 14.2 Å². The van der Waals surface area contributed by atoms with E-state index in [9.17, 15) is 14.4 Å². The van der Waals surface area contributed by atoms with Crippen molar-refractivity contribution in [2.45, 2.75) is 232 Å². The van der Waals surface area contributed by atoms with E-state index in [0.29, 0.717) is 12.8 Å². The minimum Gasteiger partial charge on any atom is -0.462 e. The lowest BCUT2D eigenvalue weighted by molar-refractivity contribution is -0.167. The number of hydrogen-bond acceptors (Lipinski definition) is 6.